The van der Waals surface area contributed by atoms with Gasteiger partial charge in [0.25, 0.3) is 0 Å². The molecule has 0 aliphatic carbocycles. The van der Waals surface area contributed by atoms with Gasteiger partial charge in [0, 0.05) is 37.6 Å². The predicted octanol–water partition coefficient (Wildman–Crippen LogP) is 1.52. The van der Waals surface area contributed by atoms with Crippen LogP contribution in [0.3, 0.4) is 0 Å². The van der Waals surface area contributed by atoms with Crippen molar-refractivity contribution >= 4 is 21.4 Å². The Hall–Kier alpha value is -1.27. The summed E-state index contributed by atoms with van der Waals surface area (Å²) in [7, 11) is -3.08. The minimum atomic E-state index is -3.08. The molecular weight excluding hydrogens is 274 g/mol. The van der Waals surface area contributed by atoms with E-state index in [2.05, 4.69) is 4.90 Å². The van der Waals surface area contributed by atoms with Crippen LogP contribution in [0.4, 0.5) is 11.4 Å². The van der Waals surface area contributed by atoms with E-state index in [0.717, 1.165) is 30.9 Å². The topological polar surface area (TPSA) is 66.6 Å². The van der Waals surface area contributed by atoms with Crippen molar-refractivity contribution in [2.24, 2.45) is 0 Å². The molecule has 2 rings (SSSR count). The molecule has 0 spiro atoms. The molecule has 0 radical (unpaired) electrons. The zero-order valence-corrected chi connectivity index (χ0v) is 12.8. The summed E-state index contributed by atoms with van der Waals surface area (Å²) in [4.78, 5) is 2.22. The molecule has 2 N–H and O–H groups in total. The average molecular weight is 297 g/mol. The fourth-order valence-electron chi connectivity index (χ4n) is 2.50. The summed E-state index contributed by atoms with van der Waals surface area (Å²) in [5, 5.41) is 0. The van der Waals surface area contributed by atoms with Gasteiger partial charge in [0.05, 0.1) is 5.75 Å². The zero-order valence-electron chi connectivity index (χ0n) is 12.0. The first-order valence-corrected chi connectivity index (χ1v) is 8.72. The number of nitrogens with zero attached hydrogens (tertiary/aromatic N) is 2. The number of nitrogen functional groups attached to an aromatic ring is 1. The van der Waals surface area contributed by atoms with Crippen LogP contribution in [0, 0.1) is 0 Å². The van der Waals surface area contributed by atoms with Gasteiger partial charge in [-0.15, -0.1) is 0 Å². The highest BCUT2D eigenvalue weighted by Gasteiger charge is 2.24. The lowest BCUT2D eigenvalue weighted by molar-refractivity contribution is 0.432. The van der Waals surface area contributed by atoms with E-state index in [9.17, 15) is 8.42 Å². The van der Waals surface area contributed by atoms with Crippen molar-refractivity contribution in [1.82, 2.24) is 4.31 Å². The van der Waals surface area contributed by atoms with Crippen molar-refractivity contribution < 1.29 is 8.42 Å². The van der Waals surface area contributed by atoms with Gasteiger partial charge in [-0.05, 0) is 37.1 Å². The molecule has 0 amide bonds. The van der Waals surface area contributed by atoms with Gasteiger partial charge in [-0.1, -0.05) is 6.92 Å². The van der Waals surface area contributed by atoms with Crippen LogP contribution in [0.5, 0.6) is 0 Å². The van der Waals surface area contributed by atoms with Crippen molar-refractivity contribution in [3.63, 3.8) is 0 Å². The maximum Gasteiger partial charge on any atom is 0.214 e. The Balaban J connectivity index is 2.04. The van der Waals surface area contributed by atoms with Crippen LogP contribution >= 0.6 is 0 Å². The van der Waals surface area contributed by atoms with E-state index in [1.54, 1.807) is 4.31 Å². The van der Waals surface area contributed by atoms with Crippen LogP contribution in [0.2, 0.25) is 0 Å². The second kappa shape index (κ2) is 6.45. The number of hydrogen-bond donors (Lipinski definition) is 1. The maximum absolute atomic E-state index is 12.1. The first-order valence-electron chi connectivity index (χ1n) is 7.11. The largest absolute Gasteiger partial charge is 0.399 e. The van der Waals surface area contributed by atoms with Crippen molar-refractivity contribution in [2.45, 2.75) is 19.8 Å². The molecule has 0 saturated carbocycles. The van der Waals surface area contributed by atoms with E-state index in [0.29, 0.717) is 19.5 Å². The van der Waals surface area contributed by atoms with Crippen LogP contribution in [0.15, 0.2) is 24.3 Å². The van der Waals surface area contributed by atoms with Crippen LogP contribution in [-0.2, 0) is 10.0 Å². The predicted molar refractivity (Wildman–Crippen MR) is 83.3 cm³/mol. The van der Waals surface area contributed by atoms with E-state index < -0.39 is 10.0 Å². The number of rotatable bonds is 4. The number of sulfonamides is 1. The monoisotopic (exact) mass is 297 g/mol. The Labute approximate surface area is 121 Å². The van der Waals surface area contributed by atoms with Crippen LogP contribution in [-0.4, -0.2) is 44.7 Å². The third kappa shape index (κ3) is 3.64. The lowest BCUT2D eigenvalue weighted by atomic mass is 10.2. The third-order valence-corrected chi connectivity index (χ3v) is 5.64. The fourth-order valence-corrected chi connectivity index (χ4v) is 4.04. The molecule has 0 aromatic heterocycles. The summed E-state index contributed by atoms with van der Waals surface area (Å²) in [5.41, 5.74) is 7.55. The van der Waals surface area contributed by atoms with Gasteiger partial charge in [0.15, 0.2) is 0 Å². The summed E-state index contributed by atoms with van der Waals surface area (Å²) in [6, 6.07) is 7.74. The Kier molecular flexibility index (Phi) is 4.88. The SMILES string of the molecule is CCCS(=O)(=O)N1CCCN(c2ccc(N)cc2)CC1. The summed E-state index contributed by atoms with van der Waals surface area (Å²) in [6.45, 7) is 4.69. The maximum atomic E-state index is 12.1. The van der Waals surface area contributed by atoms with Gasteiger partial charge in [-0.25, -0.2) is 12.7 Å². The quantitative estimate of drug-likeness (QED) is 0.856. The molecule has 6 heteroatoms. The summed E-state index contributed by atoms with van der Waals surface area (Å²) < 4.78 is 25.9. The van der Waals surface area contributed by atoms with Crippen molar-refractivity contribution in [3.05, 3.63) is 24.3 Å². The van der Waals surface area contributed by atoms with Crippen molar-refractivity contribution in [3.8, 4) is 0 Å². The van der Waals surface area contributed by atoms with Crippen molar-refractivity contribution in [1.29, 1.82) is 0 Å². The molecule has 1 aromatic carbocycles. The van der Waals surface area contributed by atoms with Crippen LogP contribution in [0.1, 0.15) is 19.8 Å². The molecule has 1 saturated heterocycles. The van der Waals surface area contributed by atoms with Gasteiger partial charge in [0.1, 0.15) is 0 Å². The molecule has 1 aliphatic heterocycles. The fraction of sp³-hybridized carbons (Fsp3) is 0.571. The van der Waals surface area contributed by atoms with Crippen LogP contribution in [0.25, 0.3) is 0 Å². The Morgan fingerprint density at radius 3 is 2.45 bits per heavy atom. The molecule has 1 aromatic rings. The highest BCUT2D eigenvalue weighted by molar-refractivity contribution is 7.89. The standard InChI is InChI=1S/C14H23N3O2S/c1-2-12-20(18,19)17-9-3-8-16(10-11-17)14-6-4-13(15)5-7-14/h4-7H,2-3,8-12,15H2,1H3. The molecule has 1 aliphatic rings. The minimum Gasteiger partial charge on any atom is -0.399 e. The molecular formula is C14H23N3O2S. The number of anilines is 2. The van der Waals surface area contributed by atoms with E-state index in [1.807, 2.05) is 31.2 Å². The molecule has 0 bridgehead atoms. The van der Waals surface area contributed by atoms with Gasteiger partial charge in [-0.3, -0.25) is 0 Å². The molecule has 112 valence electrons. The first kappa shape index (κ1) is 15.1. The number of nitrogens with two attached hydrogens (primary N) is 1. The second-order valence-corrected chi connectivity index (χ2v) is 7.24. The van der Waals surface area contributed by atoms with E-state index in [4.69, 9.17) is 5.73 Å². The lowest BCUT2D eigenvalue weighted by Gasteiger charge is -2.23. The van der Waals surface area contributed by atoms with Gasteiger partial charge >= 0.3 is 0 Å². The summed E-state index contributed by atoms with van der Waals surface area (Å²) in [6.07, 6.45) is 1.52. The summed E-state index contributed by atoms with van der Waals surface area (Å²) in [5.74, 6) is 0.245. The molecule has 5 nitrogen and oxygen atoms in total. The summed E-state index contributed by atoms with van der Waals surface area (Å²) >= 11 is 0. The van der Waals surface area contributed by atoms with Gasteiger partial charge in [0.2, 0.25) is 10.0 Å². The minimum absolute atomic E-state index is 0.245. The first-order chi connectivity index (χ1) is 9.53. The molecule has 20 heavy (non-hydrogen) atoms. The van der Waals surface area contributed by atoms with Gasteiger partial charge in [-0.2, -0.15) is 0 Å². The highest BCUT2D eigenvalue weighted by Crippen LogP contribution is 2.19. The van der Waals surface area contributed by atoms with Crippen LogP contribution < -0.4 is 10.6 Å². The smallest absolute Gasteiger partial charge is 0.214 e. The average Bonchev–Trinajstić information content (AvgIpc) is 2.66. The normalized spacial score (nSPS) is 17.9. The molecule has 1 heterocycles. The zero-order chi connectivity index (χ0) is 14.6. The highest BCUT2D eigenvalue weighted by atomic mass is 32.2. The van der Waals surface area contributed by atoms with Crippen molar-refractivity contribution in [2.75, 3.05) is 42.6 Å². The molecule has 0 atom stereocenters. The van der Waals surface area contributed by atoms with E-state index in [1.165, 1.54) is 0 Å². The number of benzene rings is 1. The van der Waals surface area contributed by atoms with E-state index in [-0.39, 0.29) is 5.75 Å². The van der Waals surface area contributed by atoms with E-state index >= 15 is 0 Å². The molecule has 1 fully saturated rings. The Morgan fingerprint density at radius 2 is 1.80 bits per heavy atom. The Bertz CT molecular complexity index is 528. The lowest BCUT2D eigenvalue weighted by Crippen LogP contribution is -2.36. The Morgan fingerprint density at radius 1 is 1.10 bits per heavy atom. The third-order valence-electron chi connectivity index (χ3n) is 3.57. The number of hydrogen-bond acceptors (Lipinski definition) is 4. The van der Waals surface area contributed by atoms with Gasteiger partial charge < -0.3 is 10.6 Å². The second-order valence-electron chi connectivity index (χ2n) is 5.15. The molecule has 0 unspecified atom stereocenters.